The average molecular weight is 465 g/mol. The quantitative estimate of drug-likeness (QED) is 0.470. The Bertz CT molecular complexity index is 1270. The van der Waals surface area contributed by atoms with Gasteiger partial charge in [0.15, 0.2) is 0 Å². The number of rotatable bonds is 9. The summed E-state index contributed by atoms with van der Waals surface area (Å²) < 4.78 is 26.8. The molecular formula is C27H32N2O3S. The predicted molar refractivity (Wildman–Crippen MR) is 137 cm³/mol. The Morgan fingerprint density at radius 3 is 2.21 bits per heavy atom. The Kier molecular flexibility index (Phi) is 6.75. The summed E-state index contributed by atoms with van der Waals surface area (Å²) in [5.41, 5.74) is 6.30. The molecule has 5 nitrogen and oxygen atoms in total. The van der Waals surface area contributed by atoms with Gasteiger partial charge in [-0.3, -0.25) is 9.10 Å². The molecule has 3 aromatic carbocycles. The van der Waals surface area contributed by atoms with Crippen LogP contribution in [0.1, 0.15) is 48.9 Å². The lowest BCUT2D eigenvalue weighted by molar-refractivity contribution is -0.116. The van der Waals surface area contributed by atoms with Crippen molar-refractivity contribution in [2.24, 2.45) is 0 Å². The van der Waals surface area contributed by atoms with Gasteiger partial charge in [-0.25, -0.2) is 8.42 Å². The summed E-state index contributed by atoms with van der Waals surface area (Å²) in [7, 11) is -3.47. The van der Waals surface area contributed by atoms with E-state index in [-0.39, 0.29) is 18.9 Å². The van der Waals surface area contributed by atoms with Crippen LogP contribution in [0.3, 0.4) is 0 Å². The van der Waals surface area contributed by atoms with Crippen molar-refractivity contribution < 1.29 is 13.2 Å². The molecule has 0 heterocycles. The Morgan fingerprint density at radius 1 is 0.939 bits per heavy atom. The molecule has 0 atom stereocenters. The first-order valence-electron chi connectivity index (χ1n) is 11.7. The van der Waals surface area contributed by atoms with E-state index in [1.165, 1.54) is 27.1 Å². The van der Waals surface area contributed by atoms with Gasteiger partial charge in [0.25, 0.3) is 0 Å². The fourth-order valence-electron chi connectivity index (χ4n) is 4.93. The Morgan fingerprint density at radius 2 is 1.58 bits per heavy atom. The Hall–Kier alpha value is -2.86. The number of benzene rings is 3. The van der Waals surface area contributed by atoms with Gasteiger partial charge in [0.05, 0.1) is 11.9 Å². The zero-order valence-electron chi connectivity index (χ0n) is 19.6. The molecule has 0 fully saturated rings. The number of nitrogens with one attached hydrogen (secondary N) is 1. The van der Waals surface area contributed by atoms with Crippen molar-refractivity contribution in [1.82, 2.24) is 0 Å². The number of para-hydroxylation sites is 1. The monoisotopic (exact) mass is 464 g/mol. The zero-order chi connectivity index (χ0) is 23.6. The smallest absolute Gasteiger partial charge is 0.232 e. The molecule has 0 saturated heterocycles. The summed E-state index contributed by atoms with van der Waals surface area (Å²) in [4.78, 5) is 12.8. The predicted octanol–water partition coefficient (Wildman–Crippen LogP) is 5.25. The summed E-state index contributed by atoms with van der Waals surface area (Å²) in [6.45, 7) is 4.34. The highest BCUT2D eigenvalue weighted by molar-refractivity contribution is 7.92. The molecule has 33 heavy (non-hydrogen) atoms. The van der Waals surface area contributed by atoms with Crippen LogP contribution in [0.15, 0.2) is 48.5 Å². The number of aryl methyl sites for hydroxylation is 4. The number of carbonyl (C=O) groups excluding carboxylic acids is 1. The van der Waals surface area contributed by atoms with Gasteiger partial charge in [0.2, 0.25) is 15.9 Å². The molecule has 0 radical (unpaired) electrons. The number of sulfonamides is 1. The van der Waals surface area contributed by atoms with E-state index < -0.39 is 10.0 Å². The number of hydrogen-bond donors (Lipinski definition) is 1. The van der Waals surface area contributed by atoms with Crippen LogP contribution in [0.4, 0.5) is 11.4 Å². The summed E-state index contributed by atoms with van der Waals surface area (Å²) in [6.07, 6.45) is 5.54. The summed E-state index contributed by atoms with van der Waals surface area (Å²) in [5.74, 6) is -0.0957. The third-order valence-electron chi connectivity index (χ3n) is 6.53. The maximum Gasteiger partial charge on any atom is 0.232 e. The highest BCUT2D eigenvalue weighted by Crippen LogP contribution is 2.35. The molecule has 4 rings (SSSR count). The molecule has 3 aromatic rings. The third kappa shape index (κ3) is 4.76. The van der Waals surface area contributed by atoms with Gasteiger partial charge in [-0.1, -0.05) is 56.3 Å². The highest BCUT2D eigenvalue weighted by Gasteiger charge is 2.23. The van der Waals surface area contributed by atoms with Gasteiger partial charge in [-0.15, -0.1) is 0 Å². The molecular weight excluding hydrogens is 432 g/mol. The first-order valence-corrected chi connectivity index (χ1v) is 13.6. The fraction of sp³-hybridized carbons (Fsp3) is 0.370. The second kappa shape index (κ2) is 9.56. The largest absolute Gasteiger partial charge is 0.326 e. The van der Waals surface area contributed by atoms with Crippen LogP contribution in [0.25, 0.3) is 10.8 Å². The van der Waals surface area contributed by atoms with Crippen LogP contribution >= 0.6 is 0 Å². The first kappa shape index (κ1) is 23.3. The van der Waals surface area contributed by atoms with E-state index in [1.807, 2.05) is 44.2 Å². The molecule has 0 aromatic heterocycles. The second-order valence-electron chi connectivity index (χ2n) is 8.73. The summed E-state index contributed by atoms with van der Waals surface area (Å²) >= 11 is 0. The Balaban J connectivity index is 1.49. The minimum Gasteiger partial charge on any atom is -0.326 e. The van der Waals surface area contributed by atoms with Gasteiger partial charge in [0, 0.05) is 24.0 Å². The highest BCUT2D eigenvalue weighted by atomic mass is 32.2. The van der Waals surface area contributed by atoms with Gasteiger partial charge in [0.1, 0.15) is 0 Å². The lowest BCUT2D eigenvalue weighted by atomic mass is 10.0. The molecule has 0 aliphatic heterocycles. The molecule has 1 aliphatic carbocycles. The lowest BCUT2D eigenvalue weighted by Crippen LogP contribution is -2.33. The van der Waals surface area contributed by atoms with Crippen LogP contribution in [-0.4, -0.2) is 27.1 Å². The fourth-order valence-corrected chi connectivity index (χ4v) is 5.96. The van der Waals surface area contributed by atoms with E-state index in [0.717, 1.165) is 53.6 Å². The molecule has 0 spiro atoms. The van der Waals surface area contributed by atoms with Crippen molar-refractivity contribution in [3.63, 3.8) is 0 Å². The molecule has 0 unspecified atom stereocenters. The van der Waals surface area contributed by atoms with Gasteiger partial charge >= 0.3 is 0 Å². The standard InChI is InChI=1S/C27H32N2O3S/c1-4-19-9-6-10-20(5-2)27(19)29(33(3,31)32)18-8-13-25(30)28-24-17-16-22-15-14-21-11-7-12-23(24)26(21)22/h6-7,9-12,16-17H,4-5,8,13-15,18H2,1-3H3,(H,28,30). The molecule has 0 bridgehead atoms. The van der Waals surface area contributed by atoms with Crippen molar-refractivity contribution in [3.05, 3.63) is 70.8 Å². The number of anilines is 2. The summed E-state index contributed by atoms with van der Waals surface area (Å²) in [6, 6.07) is 16.3. The van der Waals surface area contributed by atoms with Crippen molar-refractivity contribution in [1.29, 1.82) is 0 Å². The number of hydrogen-bond acceptors (Lipinski definition) is 3. The van der Waals surface area contributed by atoms with E-state index in [9.17, 15) is 13.2 Å². The van der Waals surface area contributed by atoms with Crippen molar-refractivity contribution in [2.75, 3.05) is 22.4 Å². The SMILES string of the molecule is CCc1cccc(CC)c1N(CCCC(=O)Nc1ccc2c3c(cccc13)CC2)S(C)(=O)=O. The third-order valence-corrected chi connectivity index (χ3v) is 7.70. The lowest BCUT2D eigenvalue weighted by Gasteiger charge is -2.27. The van der Waals surface area contributed by atoms with E-state index in [2.05, 4.69) is 23.5 Å². The molecule has 174 valence electrons. The molecule has 1 aliphatic rings. The minimum absolute atomic E-state index is 0.0957. The topological polar surface area (TPSA) is 66.5 Å². The van der Waals surface area contributed by atoms with E-state index >= 15 is 0 Å². The maximum atomic E-state index is 12.8. The normalized spacial score (nSPS) is 12.8. The van der Waals surface area contributed by atoms with Crippen LogP contribution in [0.5, 0.6) is 0 Å². The molecule has 1 amide bonds. The average Bonchev–Trinajstić information content (AvgIpc) is 3.22. The second-order valence-corrected chi connectivity index (χ2v) is 10.6. The number of carbonyl (C=O) groups is 1. The van der Waals surface area contributed by atoms with Crippen LogP contribution in [0, 0.1) is 0 Å². The van der Waals surface area contributed by atoms with E-state index in [0.29, 0.717) is 6.42 Å². The van der Waals surface area contributed by atoms with Crippen LogP contribution < -0.4 is 9.62 Å². The van der Waals surface area contributed by atoms with Gasteiger partial charge < -0.3 is 5.32 Å². The zero-order valence-corrected chi connectivity index (χ0v) is 20.5. The molecule has 1 N–H and O–H groups in total. The minimum atomic E-state index is -3.47. The van der Waals surface area contributed by atoms with Crippen LogP contribution in [0.2, 0.25) is 0 Å². The van der Waals surface area contributed by atoms with Crippen molar-refractivity contribution in [3.8, 4) is 0 Å². The Labute approximate surface area is 196 Å². The molecule has 6 heteroatoms. The maximum absolute atomic E-state index is 12.8. The van der Waals surface area contributed by atoms with Crippen molar-refractivity contribution >= 4 is 38.1 Å². The van der Waals surface area contributed by atoms with Gasteiger partial charge in [-0.2, -0.15) is 0 Å². The van der Waals surface area contributed by atoms with Crippen molar-refractivity contribution in [2.45, 2.75) is 52.4 Å². The number of nitrogens with zero attached hydrogens (tertiary/aromatic N) is 1. The van der Waals surface area contributed by atoms with Crippen LogP contribution in [-0.2, 0) is 40.5 Å². The first-order chi connectivity index (χ1) is 15.8. The van der Waals surface area contributed by atoms with E-state index in [4.69, 9.17) is 0 Å². The number of amides is 1. The van der Waals surface area contributed by atoms with Gasteiger partial charge in [-0.05, 0) is 65.8 Å². The molecule has 0 saturated carbocycles. The summed E-state index contributed by atoms with van der Waals surface area (Å²) in [5, 5.41) is 5.40. The van der Waals surface area contributed by atoms with E-state index in [1.54, 1.807) is 0 Å².